The van der Waals surface area contributed by atoms with Gasteiger partial charge in [-0.3, -0.25) is 0 Å². The van der Waals surface area contributed by atoms with Gasteiger partial charge in [-0.1, -0.05) is 22.0 Å². The number of piperazine rings is 1. The van der Waals surface area contributed by atoms with Gasteiger partial charge in [0, 0.05) is 35.5 Å². The summed E-state index contributed by atoms with van der Waals surface area (Å²) < 4.78 is 1.20. The quantitative estimate of drug-likeness (QED) is 0.744. The number of alkyl halides is 1. The van der Waals surface area contributed by atoms with E-state index in [0.717, 1.165) is 25.0 Å². The van der Waals surface area contributed by atoms with Gasteiger partial charge in [0.2, 0.25) is 0 Å². The number of rotatable bonds is 2. The van der Waals surface area contributed by atoms with Gasteiger partial charge in [-0.2, -0.15) is 0 Å². The molecule has 2 nitrogen and oxygen atoms in total. The minimum atomic E-state index is 0.617. The largest absolute Gasteiger partial charge is 0.368 e. The lowest BCUT2D eigenvalue weighted by molar-refractivity contribution is 0.234. The monoisotopic (exact) mass is 360 g/mol. The standard InChI is InChI=1S/C13H18Br2N2/c1-10-9-17(6-5-16(10)2)13-4-3-11(8-14)7-12(13)15/h3-4,7,10H,5-6,8-9H2,1-2H3. The van der Waals surface area contributed by atoms with Crippen LogP contribution in [0.2, 0.25) is 0 Å². The first-order chi connectivity index (χ1) is 8.11. The highest BCUT2D eigenvalue weighted by atomic mass is 79.9. The highest BCUT2D eigenvalue weighted by molar-refractivity contribution is 9.10. The summed E-state index contributed by atoms with van der Waals surface area (Å²) in [5.74, 6) is 0. The van der Waals surface area contributed by atoms with Crippen molar-refractivity contribution in [1.29, 1.82) is 0 Å². The van der Waals surface area contributed by atoms with Gasteiger partial charge in [-0.15, -0.1) is 0 Å². The second-order valence-corrected chi connectivity index (χ2v) is 6.11. The Hall–Kier alpha value is -0.0600. The van der Waals surface area contributed by atoms with Gasteiger partial charge < -0.3 is 9.80 Å². The third kappa shape index (κ3) is 3.04. The summed E-state index contributed by atoms with van der Waals surface area (Å²) in [4.78, 5) is 4.88. The van der Waals surface area contributed by atoms with Crippen molar-refractivity contribution in [2.75, 3.05) is 31.6 Å². The van der Waals surface area contributed by atoms with Crippen LogP contribution in [0.3, 0.4) is 0 Å². The number of anilines is 1. The molecular formula is C13H18Br2N2. The van der Waals surface area contributed by atoms with Crippen molar-refractivity contribution in [2.24, 2.45) is 0 Å². The third-order valence-corrected chi connectivity index (χ3v) is 4.75. The molecule has 2 rings (SSSR count). The molecule has 1 heterocycles. The molecule has 17 heavy (non-hydrogen) atoms. The van der Waals surface area contributed by atoms with E-state index in [1.165, 1.54) is 15.7 Å². The highest BCUT2D eigenvalue weighted by Gasteiger charge is 2.21. The van der Waals surface area contributed by atoms with Crippen LogP contribution >= 0.6 is 31.9 Å². The van der Waals surface area contributed by atoms with Crippen LogP contribution < -0.4 is 4.90 Å². The first-order valence-electron chi connectivity index (χ1n) is 5.91. The molecule has 0 amide bonds. The van der Waals surface area contributed by atoms with Crippen LogP contribution in [0.1, 0.15) is 12.5 Å². The molecule has 1 aliphatic heterocycles. The molecule has 1 atom stereocenters. The Labute approximate surface area is 120 Å². The maximum atomic E-state index is 3.68. The fourth-order valence-corrected chi connectivity index (χ4v) is 3.18. The zero-order valence-corrected chi connectivity index (χ0v) is 13.5. The maximum absolute atomic E-state index is 3.68. The molecule has 0 aromatic heterocycles. The molecule has 0 bridgehead atoms. The van der Waals surface area contributed by atoms with Crippen molar-refractivity contribution in [2.45, 2.75) is 18.3 Å². The second-order valence-electron chi connectivity index (χ2n) is 4.70. The molecule has 94 valence electrons. The third-order valence-electron chi connectivity index (χ3n) is 3.47. The molecule has 0 radical (unpaired) electrons. The zero-order chi connectivity index (χ0) is 12.4. The van der Waals surface area contributed by atoms with E-state index in [1.807, 2.05) is 0 Å². The van der Waals surface area contributed by atoms with Crippen LogP contribution in [0, 0.1) is 0 Å². The van der Waals surface area contributed by atoms with Gasteiger partial charge in [0.25, 0.3) is 0 Å². The summed E-state index contributed by atoms with van der Waals surface area (Å²) >= 11 is 7.17. The van der Waals surface area contributed by atoms with E-state index in [1.54, 1.807) is 0 Å². The van der Waals surface area contributed by atoms with E-state index in [2.05, 4.69) is 73.8 Å². The Morgan fingerprint density at radius 2 is 2.12 bits per heavy atom. The summed E-state index contributed by atoms with van der Waals surface area (Å²) in [5, 5.41) is 0.908. The molecule has 0 N–H and O–H groups in total. The Bertz CT molecular complexity index is 395. The van der Waals surface area contributed by atoms with Gasteiger partial charge in [-0.25, -0.2) is 0 Å². The number of halogens is 2. The Morgan fingerprint density at radius 3 is 2.71 bits per heavy atom. The molecule has 1 aromatic rings. The van der Waals surface area contributed by atoms with Gasteiger partial charge in [0.1, 0.15) is 0 Å². The number of nitrogens with zero attached hydrogens (tertiary/aromatic N) is 2. The molecule has 4 heteroatoms. The van der Waals surface area contributed by atoms with Crippen molar-refractivity contribution in [3.8, 4) is 0 Å². The van der Waals surface area contributed by atoms with Crippen LogP contribution in [0.4, 0.5) is 5.69 Å². The minimum Gasteiger partial charge on any atom is -0.368 e. The van der Waals surface area contributed by atoms with E-state index in [4.69, 9.17) is 0 Å². The van der Waals surface area contributed by atoms with Crippen LogP contribution in [0.5, 0.6) is 0 Å². The van der Waals surface area contributed by atoms with Crippen LogP contribution in [-0.4, -0.2) is 37.6 Å². The fourth-order valence-electron chi connectivity index (χ4n) is 2.16. The van der Waals surface area contributed by atoms with Crippen LogP contribution in [-0.2, 0) is 5.33 Å². The lowest BCUT2D eigenvalue weighted by Crippen LogP contribution is -2.50. The molecule has 1 unspecified atom stereocenters. The number of benzene rings is 1. The van der Waals surface area contributed by atoms with Crippen molar-refractivity contribution in [1.82, 2.24) is 4.90 Å². The highest BCUT2D eigenvalue weighted by Crippen LogP contribution is 2.29. The first kappa shape index (κ1) is 13.4. The smallest absolute Gasteiger partial charge is 0.0511 e. The van der Waals surface area contributed by atoms with E-state index in [0.29, 0.717) is 6.04 Å². The second kappa shape index (κ2) is 5.72. The summed E-state index contributed by atoms with van der Waals surface area (Å²) in [7, 11) is 2.20. The Balaban J connectivity index is 2.17. The van der Waals surface area contributed by atoms with Crippen molar-refractivity contribution in [3.05, 3.63) is 28.2 Å². The van der Waals surface area contributed by atoms with Gasteiger partial charge in [-0.05, 0) is 47.6 Å². The van der Waals surface area contributed by atoms with Crippen molar-refractivity contribution in [3.63, 3.8) is 0 Å². The van der Waals surface area contributed by atoms with Crippen molar-refractivity contribution >= 4 is 37.5 Å². The molecule has 0 spiro atoms. The molecule has 1 aromatic carbocycles. The number of hydrogen-bond acceptors (Lipinski definition) is 2. The summed E-state index contributed by atoms with van der Waals surface area (Å²) in [6.07, 6.45) is 0. The minimum absolute atomic E-state index is 0.617. The van der Waals surface area contributed by atoms with E-state index in [9.17, 15) is 0 Å². The normalized spacial score (nSPS) is 21.9. The van der Waals surface area contributed by atoms with E-state index < -0.39 is 0 Å². The lowest BCUT2D eigenvalue weighted by Gasteiger charge is -2.39. The summed E-state index contributed by atoms with van der Waals surface area (Å²) in [6.45, 7) is 5.62. The predicted octanol–water partition coefficient (Wildman–Crippen LogP) is 3.48. The molecule has 0 saturated carbocycles. The molecule has 0 aliphatic carbocycles. The predicted molar refractivity (Wildman–Crippen MR) is 81.1 cm³/mol. The molecular weight excluding hydrogens is 344 g/mol. The van der Waals surface area contributed by atoms with Gasteiger partial charge in [0.05, 0.1) is 5.69 Å². The first-order valence-corrected chi connectivity index (χ1v) is 7.83. The van der Waals surface area contributed by atoms with Crippen molar-refractivity contribution < 1.29 is 0 Å². The average Bonchev–Trinajstić information content (AvgIpc) is 2.32. The SMILES string of the molecule is CC1CN(c2ccc(CBr)cc2Br)CCN1C. The van der Waals surface area contributed by atoms with Gasteiger partial charge >= 0.3 is 0 Å². The summed E-state index contributed by atoms with van der Waals surface area (Å²) in [6, 6.07) is 7.23. The van der Waals surface area contributed by atoms with E-state index in [-0.39, 0.29) is 0 Å². The van der Waals surface area contributed by atoms with Gasteiger partial charge in [0.15, 0.2) is 0 Å². The fraction of sp³-hybridized carbons (Fsp3) is 0.538. The maximum Gasteiger partial charge on any atom is 0.0511 e. The summed E-state index contributed by atoms with van der Waals surface area (Å²) in [5.41, 5.74) is 2.62. The van der Waals surface area contributed by atoms with Crippen LogP contribution in [0.25, 0.3) is 0 Å². The molecule has 1 saturated heterocycles. The van der Waals surface area contributed by atoms with Crippen LogP contribution in [0.15, 0.2) is 22.7 Å². The Morgan fingerprint density at radius 1 is 1.35 bits per heavy atom. The lowest BCUT2D eigenvalue weighted by atomic mass is 10.1. The molecule has 1 fully saturated rings. The topological polar surface area (TPSA) is 6.48 Å². The number of likely N-dealkylation sites (N-methyl/N-ethyl adjacent to an activating group) is 1. The molecule has 1 aliphatic rings. The average molecular weight is 362 g/mol. The van der Waals surface area contributed by atoms with E-state index >= 15 is 0 Å². The zero-order valence-electron chi connectivity index (χ0n) is 10.3. The Kier molecular flexibility index (Phi) is 4.50. The number of hydrogen-bond donors (Lipinski definition) is 0.